The predicted octanol–water partition coefficient (Wildman–Crippen LogP) is 3.07. The second-order valence-electron chi connectivity index (χ2n) is 8.76. The van der Waals surface area contributed by atoms with Gasteiger partial charge in [-0.05, 0) is 63.1 Å². The fraction of sp³-hybridized carbons (Fsp3) is 0.619. The van der Waals surface area contributed by atoms with E-state index in [4.69, 9.17) is 10.5 Å². The van der Waals surface area contributed by atoms with Crippen LogP contribution in [-0.2, 0) is 29.2 Å². The van der Waals surface area contributed by atoms with Gasteiger partial charge in [0, 0.05) is 31.6 Å². The Morgan fingerprint density at radius 1 is 1.15 bits per heavy atom. The van der Waals surface area contributed by atoms with Gasteiger partial charge in [0.25, 0.3) is 0 Å². The van der Waals surface area contributed by atoms with Crippen molar-refractivity contribution in [1.82, 2.24) is 10.2 Å². The number of alkyl carbamates (subject to hydrolysis) is 1. The van der Waals surface area contributed by atoms with Crippen LogP contribution in [0.15, 0.2) is 18.2 Å². The molecule has 1 saturated carbocycles. The highest BCUT2D eigenvalue weighted by Gasteiger charge is 2.31. The Kier molecular flexibility index (Phi) is 5.75. The van der Waals surface area contributed by atoms with E-state index in [2.05, 4.69) is 17.4 Å². The third-order valence-electron chi connectivity index (χ3n) is 5.26. The maximum absolute atomic E-state index is 12.8. The number of rotatable bonds is 3. The second-order valence-corrected chi connectivity index (χ2v) is 8.76. The quantitative estimate of drug-likeness (QED) is 0.853. The van der Waals surface area contributed by atoms with Crippen molar-refractivity contribution in [3.63, 3.8) is 0 Å². The molecule has 0 unspecified atom stereocenters. The average molecular weight is 373 g/mol. The van der Waals surface area contributed by atoms with Crippen molar-refractivity contribution in [3.8, 4) is 0 Å². The molecular formula is C21H31N3O3. The largest absolute Gasteiger partial charge is 0.444 e. The van der Waals surface area contributed by atoms with Crippen LogP contribution in [0.4, 0.5) is 4.79 Å². The van der Waals surface area contributed by atoms with E-state index in [1.807, 2.05) is 31.7 Å². The molecule has 2 aliphatic rings. The minimum atomic E-state index is -0.508. The number of hydrogen-bond donors (Lipinski definition) is 2. The van der Waals surface area contributed by atoms with Crippen LogP contribution in [0, 0.1) is 5.92 Å². The average Bonchev–Trinajstić information content (AvgIpc) is 3.02. The molecule has 1 fully saturated rings. The molecule has 0 radical (unpaired) electrons. The van der Waals surface area contributed by atoms with Crippen LogP contribution < -0.4 is 11.1 Å². The van der Waals surface area contributed by atoms with Crippen LogP contribution >= 0.6 is 0 Å². The second kappa shape index (κ2) is 7.89. The molecule has 2 amide bonds. The number of hydrogen-bond acceptors (Lipinski definition) is 4. The molecule has 0 saturated heterocycles. The molecule has 1 aromatic rings. The number of fused-ring (bicyclic) bond motifs is 1. The van der Waals surface area contributed by atoms with Crippen molar-refractivity contribution in [2.45, 2.75) is 77.7 Å². The fourth-order valence-corrected chi connectivity index (χ4v) is 3.83. The minimum Gasteiger partial charge on any atom is -0.444 e. The van der Waals surface area contributed by atoms with E-state index >= 15 is 0 Å². The number of ether oxygens (including phenoxy) is 1. The van der Waals surface area contributed by atoms with Gasteiger partial charge in [0.05, 0.1) is 0 Å². The Bertz CT molecular complexity index is 703. The van der Waals surface area contributed by atoms with E-state index in [-0.39, 0.29) is 17.9 Å². The van der Waals surface area contributed by atoms with Crippen LogP contribution in [-0.4, -0.2) is 28.5 Å². The molecule has 0 aromatic heterocycles. The molecule has 6 nitrogen and oxygen atoms in total. The van der Waals surface area contributed by atoms with Crippen LogP contribution in [0.5, 0.6) is 0 Å². The first-order chi connectivity index (χ1) is 12.7. The molecule has 1 heterocycles. The molecule has 148 valence electrons. The first-order valence-corrected chi connectivity index (χ1v) is 9.83. The highest BCUT2D eigenvalue weighted by atomic mass is 16.6. The normalized spacial score (nSPS) is 22.3. The van der Waals surface area contributed by atoms with Crippen molar-refractivity contribution in [1.29, 1.82) is 0 Å². The highest BCUT2D eigenvalue weighted by molar-refractivity contribution is 5.79. The number of nitrogens with zero attached hydrogens (tertiary/aromatic N) is 1. The van der Waals surface area contributed by atoms with Gasteiger partial charge >= 0.3 is 6.09 Å². The highest BCUT2D eigenvalue weighted by Crippen LogP contribution is 2.30. The maximum Gasteiger partial charge on any atom is 0.407 e. The van der Waals surface area contributed by atoms with Gasteiger partial charge in [0.1, 0.15) is 5.60 Å². The first-order valence-electron chi connectivity index (χ1n) is 9.83. The summed E-state index contributed by atoms with van der Waals surface area (Å²) in [6.45, 7) is 7.26. The Hall–Kier alpha value is -2.08. The summed E-state index contributed by atoms with van der Waals surface area (Å²) >= 11 is 0. The van der Waals surface area contributed by atoms with Gasteiger partial charge in [0.2, 0.25) is 5.91 Å². The monoisotopic (exact) mass is 373 g/mol. The summed E-state index contributed by atoms with van der Waals surface area (Å²) in [5.74, 6) is 0.374. The van der Waals surface area contributed by atoms with Gasteiger partial charge < -0.3 is 20.7 Å². The summed E-state index contributed by atoms with van der Waals surface area (Å²) in [7, 11) is 0. The molecule has 3 rings (SSSR count). The topological polar surface area (TPSA) is 84.7 Å². The summed E-state index contributed by atoms with van der Waals surface area (Å²) < 4.78 is 5.26. The van der Waals surface area contributed by atoms with Crippen molar-refractivity contribution >= 4 is 12.0 Å². The van der Waals surface area contributed by atoms with Crippen LogP contribution in [0.1, 0.15) is 63.1 Å². The van der Waals surface area contributed by atoms with E-state index < -0.39 is 11.7 Å². The van der Waals surface area contributed by atoms with Gasteiger partial charge in [-0.25, -0.2) is 4.79 Å². The van der Waals surface area contributed by atoms with E-state index in [0.29, 0.717) is 19.6 Å². The van der Waals surface area contributed by atoms with E-state index in [0.717, 1.165) is 31.2 Å². The number of nitrogens with two attached hydrogens (primary N) is 1. The molecule has 0 bridgehead atoms. The number of amides is 2. The summed E-state index contributed by atoms with van der Waals surface area (Å²) in [5, 5.41) is 2.78. The zero-order valence-corrected chi connectivity index (χ0v) is 16.6. The van der Waals surface area contributed by atoms with Crippen LogP contribution in [0.2, 0.25) is 0 Å². The van der Waals surface area contributed by atoms with Crippen molar-refractivity contribution in [2.75, 3.05) is 0 Å². The zero-order valence-electron chi connectivity index (χ0n) is 16.6. The van der Waals surface area contributed by atoms with E-state index in [9.17, 15) is 9.59 Å². The number of carbonyl (C=O) groups is 2. The lowest BCUT2D eigenvalue weighted by Gasteiger charge is -2.28. The molecule has 1 aromatic carbocycles. The van der Waals surface area contributed by atoms with E-state index in [1.54, 1.807) is 0 Å². The molecule has 27 heavy (non-hydrogen) atoms. The Labute approximate surface area is 161 Å². The first kappa shape index (κ1) is 19.7. The summed E-state index contributed by atoms with van der Waals surface area (Å²) in [6, 6.07) is 6.40. The third-order valence-corrected chi connectivity index (χ3v) is 5.26. The number of benzene rings is 1. The van der Waals surface area contributed by atoms with Gasteiger partial charge in [-0.3, -0.25) is 4.79 Å². The molecule has 6 heteroatoms. The molecule has 1 aliphatic heterocycles. The van der Waals surface area contributed by atoms with Crippen molar-refractivity contribution < 1.29 is 14.3 Å². The Balaban J connectivity index is 1.55. The summed E-state index contributed by atoms with van der Waals surface area (Å²) in [4.78, 5) is 26.6. The van der Waals surface area contributed by atoms with E-state index in [1.165, 1.54) is 11.1 Å². The molecular weight excluding hydrogens is 342 g/mol. The van der Waals surface area contributed by atoms with Gasteiger partial charge in [-0.15, -0.1) is 0 Å². The molecule has 3 N–H and O–H groups in total. The van der Waals surface area contributed by atoms with Crippen LogP contribution in [0.25, 0.3) is 0 Å². The standard InChI is InChI=1S/C21H31N3O3/c1-21(2,3)27-20(26)23-11-14-4-5-16-12-24(13-17(16)10-14)19(25)15-6-8-18(22)9-7-15/h4-5,10,15,18H,6-9,11-13,22H2,1-3H3,(H,23,26). The lowest BCUT2D eigenvalue weighted by atomic mass is 9.85. The maximum atomic E-state index is 12.8. The van der Waals surface area contributed by atoms with Crippen LogP contribution in [0.3, 0.4) is 0 Å². The zero-order chi connectivity index (χ0) is 19.6. The van der Waals surface area contributed by atoms with Gasteiger partial charge in [-0.1, -0.05) is 18.2 Å². The lowest BCUT2D eigenvalue weighted by molar-refractivity contribution is -0.137. The van der Waals surface area contributed by atoms with Crippen molar-refractivity contribution in [2.24, 2.45) is 11.7 Å². The lowest BCUT2D eigenvalue weighted by Crippen LogP contribution is -2.36. The third kappa shape index (κ3) is 5.22. The molecule has 0 spiro atoms. The van der Waals surface area contributed by atoms with Gasteiger partial charge in [-0.2, -0.15) is 0 Å². The predicted molar refractivity (Wildman–Crippen MR) is 104 cm³/mol. The summed E-state index contributed by atoms with van der Waals surface area (Å²) in [6.07, 6.45) is 3.26. The molecule has 1 aliphatic carbocycles. The molecule has 0 atom stereocenters. The summed E-state index contributed by atoms with van der Waals surface area (Å²) in [5.41, 5.74) is 8.82. The SMILES string of the molecule is CC(C)(C)OC(=O)NCc1ccc2c(c1)CN(C(=O)C1CCC(N)CC1)C2. The number of carbonyl (C=O) groups excluding carboxylic acids is 2. The Morgan fingerprint density at radius 2 is 1.81 bits per heavy atom. The fourth-order valence-electron chi connectivity index (χ4n) is 3.83. The van der Waals surface area contributed by atoms with Gasteiger partial charge in [0.15, 0.2) is 0 Å². The minimum absolute atomic E-state index is 0.118. The Morgan fingerprint density at radius 3 is 2.48 bits per heavy atom. The van der Waals surface area contributed by atoms with Crippen molar-refractivity contribution in [3.05, 3.63) is 34.9 Å². The number of nitrogens with one attached hydrogen (secondary N) is 1. The smallest absolute Gasteiger partial charge is 0.407 e.